The number of halogens is 5. The number of rotatable bonds is 6. The number of carbonyl (C=O) groups excluding carboxylic acids is 1. The van der Waals surface area contributed by atoms with Gasteiger partial charge < -0.3 is 20.5 Å². The lowest BCUT2D eigenvalue weighted by atomic mass is 9.46. The average Bonchev–Trinajstić information content (AvgIpc) is 3.46. The van der Waals surface area contributed by atoms with Crippen molar-refractivity contribution >= 4 is 34.8 Å². The van der Waals surface area contributed by atoms with E-state index in [1.54, 1.807) is 12.1 Å². The Bertz CT molecular complexity index is 1300. The summed E-state index contributed by atoms with van der Waals surface area (Å²) in [4.78, 5) is 17.9. The van der Waals surface area contributed by atoms with Gasteiger partial charge >= 0.3 is 0 Å². The van der Waals surface area contributed by atoms with Crippen molar-refractivity contribution in [1.29, 1.82) is 0 Å². The van der Waals surface area contributed by atoms with Gasteiger partial charge in [-0.25, -0.2) is 9.37 Å². The fourth-order valence-electron chi connectivity index (χ4n) is 7.74. The monoisotopic (exact) mass is 598 g/mol. The van der Waals surface area contributed by atoms with Gasteiger partial charge in [-0.2, -0.15) is 0 Å². The lowest BCUT2D eigenvalue weighted by molar-refractivity contribution is -0.126. The third-order valence-corrected chi connectivity index (χ3v) is 10.0. The summed E-state index contributed by atoms with van der Waals surface area (Å²) in [6, 6.07) is 5.62. The first kappa shape index (κ1) is 28.0. The third kappa shape index (κ3) is 4.13. The van der Waals surface area contributed by atoms with Gasteiger partial charge in [0.15, 0.2) is 11.0 Å². The van der Waals surface area contributed by atoms with Crippen LogP contribution in [0.5, 0.6) is 0 Å². The molecule has 3 fully saturated rings. The highest BCUT2D eigenvalue weighted by Gasteiger charge is 2.74. The van der Waals surface area contributed by atoms with Gasteiger partial charge in [0, 0.05) is 45.7 Å². The topological polar surface area (TPSA) is 95.5 Å². The fourth-order valence-corrected chi connectivity index (χ4v) is 8.08. The molecule has 4 N–H and O–H groups in total. The van der Waals surface area contributed by atoms with E-state index < -0.39 is 47.5 Å². The van der Waals surface area contributed by atoms with Crippen molar-refractivity contribution in [3.63, 3.8) is 0 Å². The number of amides is 1. The molecule has 0 radical (unpaired) electrons. The largest absolute Gasteiger partial charge is 0.394 e. The predicted molar refractivity (Wildman–Crippen MR) is 145 cm³/mol. The molecule has 1 saturated carbocycles. The predicted octanol–water partition coefficient (Wildman–Crippen LogP) is 4.06. The normalized spacial score (nSPS) is 31.6. The molecule has 12 heteroatoms. The van der Waals surface area contributed by atoms with Crippen molar-refractivity contribution in [1.82, 2.24) is 15.6 Å². The molecule has 7 nitrogen and oxygen atoms in total. The maximum Gasteiger partial charge on any atom is 0.238 e. The molecule has 1 aromatic carbocycles. The van der Waals surface area contributed by atoms with Crippen LogP contribution < -0.4 is 16.0 Å². The van der Waals surface area contributed by atoms with Crippen LogP contribution in [0.2, 0.25) is 10.2 Å². The average molecular weight is 599 g/mol. The van der Waals surface area contributed by atoms with E-state index in [-0.39, 0.29) is 54.8 Å². The Hall–Kier alpha value is -2.11. The van der Waals surface area contributed by atoms with Gasteiger partial charge in [0.1, 0.15) is 0 Å². The molecule has 2 aromatic rings. The Labute approximate surface area is 240 Å². The summed E-state index contributed by atoms with van der Waals surface area (Å²) >= 11 is 12.5. The Balaban J connectivity index is 1.47. The molecule has 1 amide bonds. The molecule has 216 valence electrons. The van der Waals surface area contributed by atoms with E-state index in [1.807, 2.05) is 6.07 Å². The zero-order valence-electron chi connectivity index (χ0n) is 21.7. The van der Waals surface area contributed by atoms with Gasteiger partial charge in [0.05, 0.1) is 44.8 Å². The zero-order valence-corrected chi connectivity index (χ0v) is 23.2. The Kier molecular flexibility index (Phi) is 7.22. The maximum atomic E-state index is 15.8. The van der Waals surface area contributed by atoms with Gasteiger partial charge in [-0.3, -0.25) is 18.9 Å². The minimum absolute atomic E-state index is 0.0959. The van der Waals surface area contributed by atoms with Gasteiger partial charge in [-0.1, -0.05) is 29.3 Å². The van der Waals surface area contributed by atoms with E-state index in [0.717, 1.165) is 11.3 Å². The molecule has 2 saturated heterocycles. The highest BCUT2D eigenvalue weighted by molar-refractivity contribution is 6.31. The van der Waals surface area contributed by atoms with Gasteiger partial charge in [0.2, 0.25) is 5.91 Å². The maximum absolute atomic E-state index is 15.8. The van der Waals surface area contributed by atoms with E-state index >= 15 is 4.39 Å². The van der Waals surface area contributed by atoms with Crippen molar-refractivity contribution in [3.8, 4) is 0 Å². The molecule has 1 aromatic heterocycles. The molecule has 4 heterocycles. The van der Waals surface area contributed by atoms with E-state index in [1.165, 1.54) is 12.3 Å². The number of aliphatic hydroxyl groups is 1. The van der Waals surface area contributed by atoms with Crippen molar-refractivity contribution < 1.29 is 27.8 Å². The summed E-state index contributed by atoms with van der Waals surface area (Å²) in [5.74, 6) is -1.90. The second-order valence-corrected chi connectivity index (χ2v) is 12.5. The number of aliphatic hydroxyl groups excluding tert-OH is 1. The number of pyridine rings is 1. The lowest BCUT2D eigenvalue weighted by Gasteiger charge is -2.60. The second-order valence-electron chi connectivity index (χ2n) is 11.7. The molecule has 0 bridgehead atoms. The number of nitrogens with zero attached hydrogens (tertiary/aromatic N) is 1. The van der Waals surface area contributed by atoms with Crippen LogP contribution in [0.25, 0.3) is 0 Å². The molecule has 40 heavy (non-hydrogen) atoms. The van der Waals surface area contributed by atoms with Crippen LogP contribution in [-0.2, 0) is 14.9 Å². The Morgan fingerprint density at radius 3 is 2.65 bits per heavy atom. The van der Waals surface area contributed by atoms with E-state index in [0.29, 0.717) is 24.4 Å². The zero-order chi connectivity index (χ0) is 28.3. The molecule has 5 atom stereocenters. The van der Waals surface area contributed by atoms with Gasteiger partial charge in [0.25, 0.3) is 0 Å². The number of ether oxygens (including phenoxy) is 1. The van der Waals surface area contributed by atoms with Crippen LogP contribution in [0.3, 0.4) is 0 Å². The minimum atomic E-state index is -1.18. The first-order valence-corrected chi connectivity index (χ1v) is 14.2. The molecule has 2 spiro atoms. The SMILES string of the molecule is O=C(N[C@@H]1CC[C@@H](CO)OC1)[C@@H]1NC2(CC(CF)(CF)C2)[C@@]2(CNc3cc(Cl)ccc32)[C@H]1c1ccnc(Cl)c1F. The van der Waals surface area contributed by atoms with E-state index in [4.69, 9.17) is 27.9 Å². The van der Waals surface area contributed by atoms with Crippen LogP contribution in [0.15, 0.2) is 30.5 Å². The summed E-state index contributed by atoms with van der Waals surface area (Å²) in [5, 5.41) is 19.5. The number of benzene rings is 1. The number of alkyl halides is 2. The summed E-state index contributed by atoms with van der Waals surface area (Å²) < 4.78 is 49.9. The molecule has 4 aliphatic rings. The number of carbonyl (C=O) groups is 1. The minimum Gasteiger partial charge on any atom is -0.394 e. The molecule has 6 rings (SSSR count). The third-order valence-electron chi connectivity index (χ3n) is 9.50. The number of hydrogen-bond acceptors (Lipinski definition) is 6. The summed E-state index contributed by atoms with van der Waals surface area (Å²) in [6.07, 6.45) is 2.57. The molecule has 0 unspecified atom stereocenters. The highest BCUT2D eigenvalue weighted by atomic mass is 35.5. The number of fused-ring (bicyclic) bond motifs is 3. The first-order chi connectivity index (χ1) is 19.2. The Morgan fingerprint density at radius 2 is 1.98 bits per heavy atom. The molecular formula is C28H31Cl2F3N4O3. The van der Waals surface area contributed by atoms with Gasteiger partial charge in [-0.05, 0) is 55.0 Å². The number of aromatic nitrogens is 1. The van der Waals surface area contributed by atoms with Crippen LogP contribution in [0.1, 0.15) is 42.7 Å². The summed E-state index contributed by atoms with van der Waals surface area (Å²) in [5.41, 5.74) is -1.33. The second kappa shape index (κ2) is 10.3. The van der Waals surface area contributed by atoms with Crippen molar-refractivity contribution in [2.24, 2.45) is 5.41 Å². The van der Waals surface area contributed by atoms with Crippen LogP contribution >= 0.6 is 23.2 Å². The first-order valence-electron chi connectivity index (χ1n) is 13.5. The molecular weight excluding hydrogens is 568 g/mol. The van der Waals surface area contributed by atoms with Crippen molar-refractivity contribution in [2.45, 2.75) is 60.7 Å². The summed E-state index contributed by atoms with van der Waals surface area (Å²) in [7, 11) is 0. The van der Waals surface area contributed by atoms with Crippen molar-refractivity contribution in [3.05, 3.63) is 57.6 Å². The molecule has 1 aliphatic carbocycles. The van der Waals surface area contributed by atoms with E-state index in [9.17, 15) is 18.7 Å². The fraction of sp³-hybridized carbons (Fsp3) is 0.571. The number of anilines is 1. The quantitative estimate of drug-likeness (QED) is 0.375. The standard InChI is InChI=1S/C28H31Cl2F3N4O3/c29-15-1-4-19-20(7-15)35-14-28(19)21(18-5-6-34-24(30)22(18)33)23(37-27(28)10-26(11-27,12-31)13-32)25(39)36-16-2-3-17(8-38)40-9-16/h1,4-7,16-17,21,23,35,37-38H,2-3,8-14H2,(H,36,39)/t16-,17+,21+,23-,28-/m1/s1. The summed E-state index contributed by atoms with van der Waals surface area (Å²) in [6.45, 7) is -1.25. The lowest BCUT2D eigenvalue weighted by Crippen LogP contribution is -2.69. The number of nitrogens with one attached hydrogen (secondary N) is 3. The smallest absolute Gasteiger partial charge is 0.238 e. The van der Waals surface area contributed by atoms with Crippen molar-refractivity contribution in [2.75, 3.05) is 38.4 Å². The van der Waals surface area contributed by atoms with Crippen LogP contribution in [0.4, 0.5) is 18.9 Å². The van der Waals surface area contributed by atoms with E-state index in [2.05, 4.69) is 20.9 Å². The Morgan fingerprint density at radius 1 is 1.20 bits per heavy atom. The molecule has 3 aliphatic heterocycles. The van der Waals surface area contributed by atoms with Gasteiger partial charge in [-0.15, -0.1) is 0 Å². The number of hydrogen-bond donors (Lipinski definition) is 4. The highest BCUT2D eigenvalue weighted by Crippen LogP contribution is 2.68. The van der Waals surface area contributed by atoms with Crippen LogP contribution in [-0.4, -0.2) is 72.8 Å². The van der Waals surface area contributed by atoms with Crippen LogP contribution in [0, 0.1) is 11.2 Å².